The summed E-state index contributed by atoms with van der Waals surface area (Å²) in [7, 11) is 0. The second kappa shape index (κ2) is 6.40. The Balaban J connectivity index is 2.52. The van der Waals surface area contributed by atoms with Gasteiger partial charge in [0, 0.05) is 12.1 Å². The highest BCUT2D eigenvalue weighted by Gasteiger charge is 2.11. The number of aryl methyl sites for hydroxylation is 1. The average Bonchev–Trinajstić information content (AvgIpc) is 2.28. The van der Waals surface area contributed by atoms with Crippen LogP contribution in [0.2, 0.25) is 0 Å². The summed E-state index contributed by atoms with van der Waals surface area (Å²) < 4.78 is 0. The van der Waals surface area contributed by atoms with Gasteiger partial charge in [-0.15, -0.1) is 0 Å². The summed E-state index contributed by atoms with van der Waals surface area (Å²) in [5.74, 6) is 0.207. The number of carbonyl (C=O) groups is 1. The van der Waals surface area contributed by atoms with Gasteiger partial charge in [0.05, 0.1) is 6.10 Å². The van der Waals surface area contributed by atoms with E-state index in [2.05, 4.69) is 5.32 Å². The molecule has 100 valence electrons. The fourth-order valence-corrected chi connectivity index (χ4v) is 1.69. The Morgan fingerprint density at radius 2 is 2.06 bits per heavy atom. The molecule has 1 aromatic carbocycles. The van der Waals surface area contributed by atoms with Crippen LogP contribution in [0.4, 0.5) is 0 Å². The third kappa shape index (κ3) is 4.37. The Morgan fingerprint density at radius 3 is 2.61 bits per heavy atom. The van der Waals surface area contributed by atoms with Crippen molar-refractivity contribution >= 4 is 5.91 Å². The van der Waals surface area contributed by atoms with Crippen LogP contribution in [0.5, 0.6) is 5.75 Å². The number of amides is 1. The number of benzene rings is 1. The van der Waals surface area contributed by atoms with E-state index in [9.17, 15) is 15.0 Å². The van der Waals surface area contributed by atoms with Crippen molar-refractivity contribution in [1.29, 1.82) is 0 Å². The first-order valence-electron chi connectivity index (χ1n) is 6.16. The molecule has 0 aliphatic heterocycles. The molecule has 0 aromatic heterocycles. The number of aliphatic hydroxyl groups is 1. The van der Waals surface area contributed by atoms with E-state index in [0.717, 1.165) is 5.56 Å². The smallest absolute Gasteiger partial charge is 0.251 e. The first-order valence-corrected chi connectivity index (χ1v) is 6.16. The minimum Gasteiger partial charge on any atom is -0.508 e. The van der Waals surface area contributed by atoms with Gasteiger partial charge in [-0.05, 0) is 37.0 Å². The molecule has 0 aliphatic rings. The molecule has 0 saturated carbocycles. The zero-order valence-electron chi connectivity index (χ0n) is 11.1. The van der Waals surface area contributed by atoms with E-state index in [-0.39, 0.29) is 18.2 Å². The van der Waals surface area contributed by atoms with Crippen molar-refractivity contribution in [2.75, 3.05) is 6.54 Å². The minimum atomic E-state index is -0.534. The maximum absolute atomic E-state index is 11.8. The Labute approximate surface area is 108 Å². The Bertz CT molecular complexity index is 416. The Kier molecular flexibility index (Phi) is 5.16. The van der Waals surface area contributed by atoms with E-state index in [0.29, 0.717) is 17.9 Å². The average molecular weight is 251 g/mol. The number of nitrogens with one attached hydrogen (secondary N) is 1. The number of hydrogen-bond donors (Lipinski definition) is 3. The molecule has 0 radical (unpaired) electrons. The maximum atomic E-state index is 11.8. The van der Waals surface area contributed by atoms with Crippen LogP contribution in [-0.2, 0) is 0 Å². The van der Waals surface area contributed by atoms with Crippen LogP contribution in [0.15, 0.2) is 18.2 Å². The van der Waals surface area contributed by atoms with E-state index in [4.69, 9.17) is 0 Å². The number of hydrogen-bond acceptors (Lipinski definition) is 3. The van der Waals surface area contributed by atoms with Crippen molar-refractivity contribution in [3.8, 4) is 5.75 Å². The van der Waals surface area contributed by atoms with Crippen LogP contribution >= 0.6 is 0 Å². The van der Waals surface area contributed by atoms with Crippen LogP contribution < -0.4 is 5.32 Å². The number of aromatic hydroxyl groups is 1. The highest BCUT2D eigenvalue weighted by molar-refractivity contribution is 5.94. The largest absolute Gasteiger partial charge is 0.508 e. The second-order valence-electron chi connectivity index (χ2n) is 4.99. The van der Waals surface area contributed by atoms with Gasteiger partial charge < -0.3 is 15.5 Å². The van der Waals surface area contributed by atoms with Crippen LogP contribution in [0.25, 0.3) is 0 Å². The van der Waals surface area contributed by atoms with Crippen molar-refractivity contribution in [1.82, 2.24) is 5.32 Å². The molecule has 1 atom stereocenters. The predicted molar refractivity (Wildman–Crippen MR) is 70.6 cm³/mol. The molecule has 1 amide bonds. The first-order chi connectivity index (χ1) is 8.40. The molecule has 0 fully saturated rings. The lowest BCUT2D eigenvalue weighted by Gasteiger charge is -2.14. The summed E-state index contributed by atoms with van der Waals surface area (Å²) >= 11 is 0. The number of carbonyl (C=O) groups excluding carboxylic acids is 1. The lowest BCUT2D eigenvalue weighted by molar-refractivity contribution is 0.0900. The van der Waals surface area contributed by atoms with Gasteiger partial charge in [0.25, 0.3) is 5.91 Å². The molecule has 0 saturated heterocycles. The molecular formula is C14H21NO3. The topological polar surface area (TPSA) is 69.6 Å². The molecule has 0 bridgehead atoms. The van der Waals surface area contributed by atoms with Crippen LogP contribution in [0.1, 0.15) is 36.2 Å². The molecule has 4 nitrogen and oxygen atoms in total. The predicted octanol–water partition coefficient (Wildman–Crippen LogP) is 1.84. The van der Waals surface area contributed by atoms with E-state index in [1.54, 1.807) is 19.1 Å². The quantitative estimate of drug-likeness (QED) is 0.748. The second-order valence-corrected chi connectivity index (χ2v) is 4.99. The molecule has 4 heteroatoms. The molecule has 18 heavy (non-hydrogen) atoms. The van der Waals surface area contributed by atoms with Crippen molar-refractivity contribution in [3.63, 3.8) is 0 Å². The van der Waals surface area contributed by atoms with Crippen LogP contribution in [0.3, 0.4) is 0 Å². The van der Waals surface area contributed by atoms with E-state index in [1.165, 1.54) is 6.07 Å². The van der Waals surface area contributed by atoms with Crippen molar-refractivity contribution < 1.29 is 15.0 Å². The van der Waals surface area contributed by atoms with Gasteiger partial charge >= 0.3 is 0 Å². The monoisotopic (exact) mass is 251 g/mol. The molecular weight excluding hydrogens is 230 g/mol. The highest BCUT2D eigenvalue weighted by atomic mass is 16.3. The first kappa shape index (κ1) is 14.5. The van der Waals surface area contributed by atoms with Crippen molar-refractivity contribution in [3.05, 3.63) is 29.3 Å². The van der Waals surface area contributed by atoms with Gasteiger partial charge in [0.1, 0.15) is 5.75 Å². The summed E-state index contributed by atoms with van der Waals surface area (Å²) in [6.07, 6.45) is 0.118. The molecule has 1 rings (SSSR count). The lowest BCUT2D eigenvalue weighted by atomic mass is 10.1. The standard InChI is InChI=1S/C14H21NO3/c1-9(2)6-12(16)8-15-14(18)11-5-4-10(3)13(17)7-11/h4-5,7,9,12,16-17H,6,8H2,1-3H3,(H,15,18). The third-order valence-corrected chi connectivity index (χ3v) is 2.71. The highest BCUT2D eigenvalue weighted by Crippen LogP contribution is 2.17. The molecule has 0 aliphatic carbocycles. The van der Waals surface area contributed by atoms with Gasteiger partial charge in [0.15, 0.2) is 0 Å². The summed E-state index contributed by atoms with van der Waals surface area (Å²) in [4.78, 5) is 11.8. The minimum absolute atomic E-state index is 0.102. The van der Waals surface area contributed by atoms with Crippen molar-refractivity contribution in [2.24, 2.45) is 5.92 Å². The molecule has 0 heterocycles. The summed E-state index contributed by atoms with van der Waals surface area (Å²) in [5.41, 5.74) is 1.13. The van der Waals surface area contributed by atoms with Gasteiger partial charge in [-0.3, -0.25) is 4.79 Å². The number of phenols is 1. The van der Waals surface area contributed by atoms with Crippen molar-refractivity contribution in [2.45, 2.75) is 33.3 Å². The van der Waals surface area contributed by atoms with E-state index in [1.807, 2.05) is 13.8 Å². The number of rotatable bonds is 5. The maximum Gasteiger partial charge on any atom is 0.251 e. The van der Waals surface area contributed by atoms with Crippen LogP contribution in [-0.4, -0.2) is 28.8 Å². The van der Waals surface area contributed by atoms with Gasteiger partial charge in [-0.2, -0.15) is 0 Å². The molecule has 1 unspecified atom stereocenters. The normalized spacial score (nSPS) is 12.5. The summed E-state index contributed by atoms with van der Waals surface area (Å²) in [5, 5.41) is 21.8. The number of aliphatic hydroxyl groups excluding tert-OH is 1. The third-order valence-electron chi connectivity index (χ3n) is 2.71. The lowest BCUT2D eigenvalue weighted by Crippen LogP contribution is -2.32. The summed E-state index contributed by atoms with van der Waals surface area (Å²) in [6, 6.07) is 4.77. The van der Waals surface area contributed by atoms with Gasteiger partial charge in [-0.25, -0.2) is 0 Å². The SMILES string of the molecule is Cc1ccc(C(=O)NCC(O)CC(C)C)cc1O. The van der Waals surface area contributed by atoms with Gasteiger partial charge in [-0.1, -0.05) is 19.9 Å². The molecule has 1 aromatic rings. The fourth-order valence-electron chi connectivity index (χ4n) is 1.69. The molecule has 3 N–H and O–H groups in total. The molecule has 0 spiro atoms. The number of phenolic OH excluding ortho intramolecular Hbond substituents is 1. The Morgan fingerprint density at radius 1 is 1.39 bits per heavy atom. The zero-order valence-corrected chi connectivity index (χ0v) is 11.1. The van der Waals surface area contributed by atoms with E-state index >= 15 is 0 Å². The fraction of sp³-hybridized carbons (Fsp3) is 0.500. The Hall–Kier alpha value is -1.55. The van der Waals surface area contributed by atoms with E-state index < -0.39 is 6.10 Å². The summed E-state index contributed by atoms with van der Waals surface area (Å²) in [6.45, 7) is 6.03. The zero-order chi connectivity index (χ0) is 13.7. The van der Waals surface area contributed by atoms with Gasteiger partial charge in [0.2, 0.25) is 0 Å². The van der Waals surface area contributed by atoms with Crippen LogP contribution in [0, 0.1) is 12.8 Å².